The lowest BCUT2D eigenvalue weighted by molar-refractivity contribution is 0.0502. The van der Waals surface area contributed by atoms with Crippen molar-refractivity contribution in [3.05, 3.63) is 18.2 Å². The SMILES string of the molecule is C[C@H](NC(=O)OC(C)(C)C)c1cncn1C1(C)CCC1. The summed E-state index contributed by atoms with van der Waals surface area (Å²) in [5, 5.41) is 2.88. The number of carbonyl (C=O) groups excluding carboxylic acids is 1. The van der Waals surface area contributed by atoms with Crippen LogP contribution in [-0.2, 0) is 10.3 Å². The highest BCUT2D eigenvalue weighted by Crippen LogP contribution is 2.40. The first-order valence-corrected chi connectivity index (χ1v) is 7.23. The van der Waals surface area contributed by atoms with E-state index >= 15 is 0 Å². The van der Waals surface area contributed by atoms with E-state index in [1.807, 2.05) is 40.2 Å². The fourth-order valence-electron chi connectivity index (χ4n) is 2.56. The lowest BCUT2D eigenvalue weighted by Gasteiger charge is -2.41. The molecule has 1 heterocycles. The van der Waals surface area contributed by atoms with Crippen LogP contribution in [-0.4, -0.2) is 21.2 Å². The number of amides is 1. The molecule has 1 aliphatic rings. The van der Waals surface area contributed by atoms with Crippen LogP contribution >= 0.6 is 0 Å². The Balaban J connectivity index is 2.05. The van der Waals surface area contributed by atoms with Crippen LogP contribution in [0.4, 0.5) is 4.79 Å². The monoisotopic (exact) mass is 279 g/mol. The first kappa shape index (κ1) is 14.9. The average molecular weight is 279 g/mol. The van der Waals surface area contributed by atoms with E-state index in [0.717, 1.165) is 18.5 Å². The molecule has 1 atom stereocenters. The van der Waals surface area contributed by atoms with Crippen LogP contribution in [0.1, 0.15) is 65.6 Å². The van der Waals surface area contributed by atoms with Crippen LogP contribution in [0.5, 0.6) is 0 Å². The number of imidazole rings is 1. The normalized spacial score (nSPS) is 19.1. The highest BCUT2D eigenvalue weighted by atomic mass is 16.6. The molecule has 112 valence electrons. The fraction of sp³-hybridized carbons (Fsp3) is 0.733. The van der Waals surface area contributed by atoms with Crippen molar-refractivity contribution in [1.82, 2.24) is 14.9 Å². The first-order valence-electron chi connectivity index (χ1n) is 7.23. The summed E-state index contributed by atoms with van der Waals surface area (Å²) in [4.78, 5) is 16.1. The van der Waals surface area contributed by atoms with Gasteiger partial charge in [0.1, 0.15) is 5.60 Å². The van der Waals surface area contributed by atoms with Crippen LogP contribution < -0.4 is 5.32 Å². The molecular weight excluding hydrogens is 254 g/mol. The van der Waals surface area contributed by atoms with Crippen LogP contribution in [0.15, 0.2) is 12.5 Å². The average Bonchev–Trinajstić information content (AvgIpc) is 2.71. The zero-order valence-corrected chi connectivity index (χ0v) is 13.1. The Labute approximate surface area is 120 Å². The summed E-state index contributed by atoms with van der Waals surface area (Å²) in [6.07, 6.45) is 6.87. The van der Waals surface area contributed by atoms with Gasteiger partial charge in [-0.3, -0.25) is 0 Å². The van der Waals surface area contributed by atoms with E-state index < -0.39 is 11.7 Å². The smallest absolute Gasteiger partial charge is 0.408 e. The molecule has 2 rings (SSSR count). The number of carbonyl (C=O) groups is 1. The summed E-state index contributed by atoms with van der Waals surface area (Å²) in [5.74, 6) is 0. The van der Waals surface area contributed by atoms with Gasteiger partial charge in [-0.25, -0.2) is 9.78 Å². The fourth-order valence-corrected chi connectivity index (χ4v) is 2.56. The molecule has 1 amide bonds. The number of nitrogens with one attached hydrogen (secondary N) is 1. The summed E-state index contributed by atoms with van der Waals surface area (Å²) < 4.78 is 7.49. The Morgan fingerprint density at radius 1 is 1.50 bits per heavy atom. The van der Waals surface area contributed by atoms with Crippen molar-refractivity contribution in [3.63, 3.8) is 0 Å². The van der Waals surface area contributed by atoms with Crippen molar-refractivity contribution in [1.29, 1.82) is 0 Å². The predicted octanol–water partition coefficient (Wildman–Crippen LogP) is 3.37. The van der Waals surface area contributed by atoms with Crippen LogP contribution in [0, 0.1) is 0 Å². The molecule has 0 spiro atoms. The van der Waals surface area contributed by atoms with Gasteiger partial charge in [-0.05, 0) is 53.9 Å². The highest BCUT2D eigenvalue weighted by Gasteiger charge is 2.35. The van der Waals surface area contributed by atoms with E-state index in [4.69, 9.17) is 4.74 Å². The molecule has 1 N–H and O–H groups in total. The van der Waals surface area contributed by atoms with Crippen LogP contribution in [0.25, 0.3) is 0 Å². The van der Waals surface area contributed by atoms with E-state index in [0.29, 0.717) is 0 Å². The molecule has 0 radical (unpaired) electrons. The van der Waals surface area contributed by atoms with Gasteiger partial charge in [0.15, 0.2) is 0 Å². The lowest BCUT2D eigenvalue weighted by Crippen LogP contribution is -2.40. The van der Waals surface area contributed by atoms with Crippen molar-refractivity contribution in [2.24, 2.45) is 0 Å². The van der Waals surface area contributed by atoms with Gasteiger partial charge >= 0.3 is 6.09 Å². The second kappa shape index (κ2) is 5.11. The lowest BCUT2D eigenvalue weighted by atomic mass is 9.78. The van der Waals surface area contributed by atoms with Crippen LogP contribution in [0.3, 0.4) is 0 Å². The van der Waals surface area contributed by atoms with Gasteiger partial charge in [0.25, 0.3) is 0 Å². The molecule has 0 aliphatic heterocycles. The van der Waals surface area contributed by atoms with Gasteiger partial charge in [0.05, 0.1) is 24.3 Å². The maximum absolute atomic E-state index is 11.8. The molecule has 0 unspecified atom stereocenters. The summed E-state index contributed by atoms with van der Waals surface area (Å²) in [5.41, 5.74) is 0.692. The Kier molecular flexibility index (Phi) is 3.80. The second-order valence-electron chi connectivity index (χ2n) is 6.91. The van der Waals surface area contributed by atoms with Crippen molar-refractivity contribution >= 4 is 6.09 Å². The highest BCUT2D eigenvalue weighted by molar-refractivity contribution is 5.68. The van der Waals surface area contributed by atoms with E-state index in [9.17, 15) is 4.79 Å². The second-order valence-corrected chi connectivity index (χ2v) is 6.91. The van der Waals surface area contributed by atoms with Gasteiger partial charge < -0.3 is 14.6 Å². The summed E-state index contributed by atoms with van der Waals surface area (Å²) in [6, 6.07) is -0.121. The van der Waals surface area contributed by atoms with Crippen molar-refractivity contribution in [3.8, 4) is 0 Å². The third-order valence-electron chi connectivity index (χ3n) is 3.86. The molecule has 1 aliphatic carbocycles. The third-order valence-corrected chi connectivity index (χ3v) is 3.86. The minimum atomic E-state index is -0.482. The number of rotatable bonds is 3. The van der Waals surface area contributed by atoms with Gasteiger partial charge in [0, 0.05) is 5.54 Å². The molecule has 0 aromatic carbocycles. The van der Waals surface area contributed by atoms with Crippen molar-refractivity contribution in [2.45, 2.75) is 71.1 Å². The third kappa shape index (κ3) is 3.14. The maximum atomic E-state index is 11.8. The molecule has 20 heavy (non-hydrogen) atoms. The molecule has 1 aromatic heterocycles. The van der Waals surface area contributed by atoms with Crippen LogP contribution in [0.2, 0.25) is 0 Å². The van der Waals surface area contributed by atoms with E-state index in [1.165, 1.54) is 6.42 Å². The van der Waals surface area contributed by atoms with Gasteiger partial charge in [0.2, 0.25) is 0 Å². The zero-order chi connectivity index (χ0) is 15.0. The van der Waals surface area contributed by atoms with Gasteiger partial charge in [-0.15, -0.1) is 0 Å². The Morgan fingerprint density at radius 2 is 2.15 bits per heavy atom. The molecule has 1 saturated carbocycles. The quantitative estimate of drug-likeness (QED) is 0.923. The first-order chi connectivity index (χ1) is 9.21. The number of nitrogens with zero attached hydrogens (tertiary/aromatic N) is 2. The molecule has 0 saturated heterocycles. The summed E-state index contributed by atoms with van der Waals surface area (Å²) >= 11 is 0. The molecule has 5 heteroatoms. The number of hydrogen-bond acceptors (Lipinski definition) is 3. The minimum Gasteiger partial charge on any atom is -0.444 e. The van der Waals surface area contributed by atoms with Crippen molar-refractivity contribution in [2.75, 3.05) is 0 Å². The molecule has 5 nitrogen and oxygen atoms in total. The topological polar surface area (TPSA) is 56.1 Å². The number of aromatic nitrogens is 2. The molecule has 1 fully saturated rings. The van der Waals surface area contributed by atoms with E-state index in [1.54, 1.807) is 0 Å². The van der Waals surface area contributed by atoms with Gasteiger partial charge in [-0.1, -0.05) is 0 Å². The summed E-state index contributed by atoms with van der Waals surface area (Å²) in [6.45, 7) is 9.77. The molecule has 1 aromatic rings. The summed E-state index contributed by atoms with van der Waals surface area (Å²) in [7, 11) is 0. The minimum absolute atomic E-state index is 0.121. The molecule has 0 bridgehead atoms. The Hall–Kier alpha value is -1.52. The van der Waals surface area contributed by atoms with Gasteiger partial charge in [-0.2, -0.15) is 0 Å². The largest absolute Gasteiger partial charge is 0.444 e. The maximum Gasteiger partial charge on any atom is 0.408 e. The van der Waals surface area contributed by atoms with E-state index in [2.05, 4.69) is 21.8 Å². The number of hydrogen-bond donors (Lipinski definition) is 1. The number of alkyl carbamates (subject to hydrolysis) is 1. The standard InChI is InChI=1S/C15H25N3O2/c1-11(17-13(19)20-14(2,3)4)12-9-16-10-18(12)15(5)7-6-8-15/h9-11H,6-8H2,1-5H3,(H,17,19)/t11-/m0/s1. The zero-order valence-electron chi connectivity index (χ0n) is 13.1. The Morgan fingerprint density at radius 3 is 2.65 bits per heavy atom. The molecular formula is C15H25N3O2. The Bertz CT molecular complexity index is 484. The van der Waals surface area contributed by atoms with E-state index in [-0.39, 0.29) is 11.6 Å². The van der Waals surface area contributed by atoms with Crippen molar-refractivity contribution < 1.29 is 9.53 Å². The predicted molar refractivity (Wildman–Crippen MR) is 77.5 cm³/mol. The number of ether oxygens (including phenoxy) is 1.